The van der Waals surface area contributed by atoms with Crippen LogP contribution in [-0.4, -0.2) is 12.7 Å². The molecular formula is C18H28O2. The predicted molar refractivity (Wildman–Crippen MR) is 83.0 cm³/mol. The van der Waals surface area contributed by atoms with Crippen molar-refractivity contribution in [3.8, 4) is 5.75 Å². The van der Waals surface area contributed by atoms with Gasteiger partial charge in [0.25, 0.3) is 0 Å². The number of benzene rings is 1. The Morgan fingerprint density at radius 1 is 1.05 bits per heavy atom. The van der Waals surface area contributed by atoms with Crippen LogP contribution >= 0.6 is 0 Å². The molecule has 1 saturated carbocycles. The van der Waals surface area contributed by atoms with Crippen LogP contribution < -0.4 is 4.74 Å². The van der Waals surface area contributed by atoms with Gasteiger partial charge in [-0.25, -0.2) is 0 Å². The fourth-order valence-electron chi connectivity index (χ4n) is 3.07. The minimum absolute atomic E-state index is 0.416. The molecule has 0 radical (unpaired) electrons. The monoisotopic (exact) mass is 276 g/mol. The van der Waals surface area contributed by atoms with Crippen molar-refractivity contribution in [2.45, 2.75) is 59.2 Å². The van der Waals surface area contributed by atoms with Gasteiger partial charge in [0.15, 0.2) is 0 Å². The zero-order chi connectivity index (χ0) is 14.4. The van der Waals surface area contributed by atoms with Gasteiger partial charge < -0.3 is 9.47 Å². The highest BCUT2D eigenvalue weighted by Gasteiger charge is 2.28. The minimum Gasteiger partial charge on any atom is -0.494 e. The first kappa shape index (κ1) is 15.4. The molecule has 2 nitrogen and oxygen atoms in total. The molecule has 20 heavy (non-hydrogen) atoms. The highest BCUT2D eigenvalue weighted by Crippen LogP contribution is 2.31. The van der Waals surface area contributed by atoms with E-state index in [1.165, 1.54) is 24.8 Å². The first-order valence-electron chi connectivity index (χ1n) is 8.04. The Morgan fingerprint density at radius 2 is 1.70 bits per heavy atom. The normalized spacial score (nSPS) is 26.4. The largest absolute Gasteiger partial charge is 0.494 e. The molecule has 1 aromatic carbocycles. The highest BCUT2D eigenvalue weighted by molar-refractivity contribution is 5.26. The van der Waals surface area contributed by atoms with E-state index in [9.17, 15) is 0 Å². The van der Waals surface area contributed by atoms with Gasteiger partial charge in [-0.3, -0.25) is 0 Å². The zero-order valence-corrected chi connectivity index (χ0v) is 13.1. The lowest BCUT2D eigenvalue weighted by atomic mass is 9.80. The number of ether oxygens (including phenoxy) is 2. The van der Waals surface area contributed by atoms with Crippen molar-refractivity contribution in [2.75, 3.05) is 6.61 Å². The van der Waals surface area contributed by atoms with Crippen molar-refractivity contribution in [1.82, 2.24) is 0 Å². The molecule has 0 N–H and O–H groups in total. The maximum Gasteiger partial charge on any atom is 0.119 e. The van der Waals surface area contributed by atoms with E-state index >= 15 is 0 Å². The van der Waals surface area contributed by atoms with Crippen LogP contribution in [0, 0.1) is 11.8 Å². The van der Waals surface area contributed by atoms with Crippen molar-refractivity contribution < 1.29 is 9.47 Å². The molecule has 1 aliphatic carbocycles. The van der Waals surface area contributed by atoms with Gasteiger partial charge in [-0.1, -0.05) is 39.3 Å². The predicted octanol–water partition coefficient (Wildman–Crippen LogP) is 4.82. The van der Waals surface area contributed by atoms with E-state index < -0.39 is 0 Å². The Morgan fingerprint density at radius 3 is 2.30 bits per heavy atom. The molecule has 0 aromatic heterocycles. The van der Waals surface area contributed by atoms with Gasteiger partial charge in [0, 0.05) is 0 Å². The van der Waals surface area contributed by atoms with Gasteiger partial charge in [0.2, 0.25) is 0 Å². The molecule has 0 bridgehead atoms. The summed E-state index contributed by atoms with van der Waals surface area (Å²) in [7, 11) is 0. The van der Waals surface area contributed by atoms with Crippen LogP contribution in [-0.2, 0) is 11.3 Å². The molecular weight excluding hydrogens is 248 g/mol. The van der Waals surface area contributed by atoms with Crippen molar-refractivity contribution >= 4 is 0 Å². The summed E-state index contributed by atoms with van der Waals surface area (Å²) in [5.74, 6) is 2.33. The Labute approximate surface area is 123 Å². The molecule has 1 fully saturated rings. The molecule has 0 heterocycles. The molecule has 2 rings (SSSR count). The van der Waals surface area contributed by atoms with E-state index in [-0.39, 0.29) is 0 Å². The summed E-state index contributed by atoms with van der Waals surface area (Å²) in [4.78, 5) is 0. The standard InChI is InChI=1S/C18H28O2/c1-4-12-19-17-10-8-16(9-11-17)13-20-18-14(2)6-5-7-15(18)3/h8-11,14-15,18H,4-7,12-13H2,1-3H3. The first-order valence-corrected chi connectivity index (χ1v) is 8.04. The Balaban J connectivity index is 1.83. The zero-order valence-electron chi connectivity index (χ0n) is 13.1. The van der Waals surface area contributed by atoms with Gasteiger partial charge >= 0.3 is 0 Å². The van der Waals surface area contributed by atoms with E-state index in [2.05, 4.69) is 32.9 Å². The Kier molecular flexibility index (Phi) is 5.90. The summed E-state index contributed by atoms with van der Waals surface area (Å²) < 4.78 is 11.8. The van der Waals surface area contributed by atoms with E-state index in [4.69, 9.17) is 9.47 Å². The van der Waals surface area contributed by atoms with Crippen LogP contribution in [0.25, 0.3) is 0 Å². The van der Waals surface area contributed by atoms with E-state index in [1.54, 1.807) is 0 Å². The highest BCUT2D eigenvalue weighted by atomic mass is 16.5. The van der Waals surface area contributed by atoms with Gasteiger partial charge in [-0.2, -0.15) is 0 Å². The quantitative estimate of drug-likeness (QED) is 0.742. The fraction of sp³-hybridized carbons (Fsp3) is 0.667. The molecule has 2 atom stereocenters. The lowest BCUT2D eigenvalue weighted by Gasteiger charge is -2.34. The maximum atomic E-state index is 6.17. The average molecular weight is 276 g/mol. The topological polar surface area (TPSA) is 18.5 Å². The second kappa shape index (κ2) is 7.68. The number of hydrogen-bond donors (Lipinski definition) is 0. The molecule has 0 spiro atoms. The third-order valence-electron chi connectivity index (χ3n) is 4.28. The Bertz CT molecular complexity index is 375. The van der Waals surface area contributed by atoms with Gasteiger partial charge in [0.1, 0.15) is 5.75 Å². The third kappa shape index (κ3) is 4.24. The van der Waals surface area contributed by atoms with Crippen molar-refractivity contribution in [3.05, 3.63) is 29.8 Å². The number of hydrogen-bond acceptors (Lipinski definition) is 2. The fourth-order valence-corrected chi connectivity index (χ4v) is 3.07. The van der Waals surface area contributed by atoms with E-state index in [1.807, 2.05) is 12.1 Å². The molecule has 2 unspecified atom stereocenters. The summed E-state index contributed by atoms with van der Waals surface area (Å²) in [5.41, 5.74) is 1.24. The van der Waals surface area contributed by atoms with E-state index in [0.29, 0.717) is 24.5 Å². The van der Waals surface area contributed by atoms with Gasteiger partial charge in [-0.15, -0.1) is 0 Å². The summed E-state index contributed by atoms with van der Waals surface area (Å²) in [6.45, 7) is 8.26. The summed E-state index contributed by atoms with van der Waals surface area (Å²) in [6, 6.07) is 8.32. The lowest BCUT2D eigenvalue weighted by Crippen LogP contribution is -2.32. The average Bonchev–Trinajstić information content (AvgIpc) is 2.46. The van der Waals surface area contributed by atoms with Crippen LogP contribution in [0.4, 0.5) is 0 Å². The maximum absolute atomic E-state index is 6.17. The summed E-state index contributed by atoms with van der Waals surface area (Å²) in [5, 5.41) is 0. The summed E-state index contributed by atoms with van der Waals surface area (Å²) >= 11 is 0. The molecule has 0 amide bonds. The molecule has 2 heteroatoms. The van der Waals surface area contributed by atoms with Crippen LogP contribution in [0.5, 0.6) is 5.75 Å². The lowest BCUT2D eigenvalue weighted by molar-refractivity contribution is -0.0471. The second-order valence-corrected chi connectivity index (χ2v) is 6.15. The molecule has 112 valence electrons. The van der Waals surface area contributed by atoms with Gasteiger partial charge in [-0.05, 0) is 48.8 Å². The Hall–Kier alpha value is -1.02. The van der Waals surface area contributed by atoms with Gasteiger partial charge in [0.05, 0.1) is 19.3 Å². The van der Waals surface area contributed by atoms with Crippen LogP contribution in [0.2, 0.25) is 0 Å². The molecule has 1 aliphatic rings. The van der Waals surface area contributed by atoms with Crippen molar-refractivity contribution in [1.29, 1.82) is 0 Å². The third-order valence-corrected chi connectivity index (χ3v) is 4.28. The number of rotatable bonds is 6. The second-order valence-electron chi connectivity index (χ2n) is 6.15. The van der Waals surface area contributed by atoms with Crippen molar-refractivity contribution in [3.63, 3.8) is 0 Å². The first-order chi connectivity index (χ1) is 9.70. The molecule has 0 saturated heterocycles. The smallest absolute Gasteiger partial charge is 0.119 e. The van der Waals surface area contributed by atoms with Crippen LogP contribution in [0.1, 0.15) is 52.0 Å². The SMILES string of the molecule is CCCOc1ccc(COC2C(C)CCCC2C)cc1. The van der Waals surface area contributed by atoms with Crippen molar-refractivity contribution in [2.24, 2.45) is 11.8 Å². The van der Waals surface area contributed by atoms with Crippen LogP contribution in [0.3, 0.4) is 0 Å². The summed E-state index contributed by atoms with van der Waals surface area (Å²) in [6.07, 6.45) is 5.42. The molecule has 1 aromatic rings. The molecule has 0 aliphatic heterocycles. The van der Waals surface area contributed by atoms with Crippen LogP contribution in [0.15, 0.2) is 24.3 Å². The van der Waals surface area contributed by atoms with E-state index in [0.717, 1.165) is 18.8 Å². The minimum atomic E-state index is 0.416.